The largest absolute Gasteiger partial charge is 0.336 e. The second kappa shape index (κ2) is 8.22. The molecule has 1 aromatic carbocycles. The lowest BCUT2D eigenvalue weighted by Gasteiger charge is -2.31. The molecule has 4 N–H and O–H groups in total. The third-order valence-electron chi connectivity index (χ3n) is 4.33. The Morgan fingerprint density at radius 1 is 1.33 bits per heavy atom. The number of urea groups is 1. The fourth-order valence-electron chi connectivity index (χ4n) is 3.00. The van der Waals surface area contributed by atoms with Crippen LogP contribution in [0.25, 0.3) is 11.3 Å². The number of amides is 3. The third kappa shape index (κ3) is 4.65. The van der Waals surface area contributed by atoms with Gasteiger partial charge in [-0.25, -0.2) is 9.48 Å². The van der Waals surface area contributed by atoms with Crippen molar-refractivity contribution in [1.29, 1.82) is 0 Å². The van der Waals surface area contributed by atoms with Crippen molar-refractivity contribution in [3.63, 3.8) is 0 Å². The van der Waals surface area contributed by atoms with E-state index in [0.29, 0.717) is 17.9 Å². The first kappa shape index (κ1) is 18.9. The molecule has 1 aliphatic rings. The molecule has 27 heavy (non-hydrogen) atoms. The molecule has 0 spiro atoms. The van der Waals surface area contributed by atoms with Crippen LogP contribution in [-0.4, -0.2) is 33.8 Å². The minimum atomic E-state index is -0.525. The Hall–Kier alpha value is -2.87. The van der Waals surface area contributed by atoms with Gasteiger partial charge in [-0.05, 0) is 20.3 Å². The summed E-state index contributed by atoms with van der Waals surface area (Å²) in [4.78, 5) is 24.3. The first-order valence-corrected chi connectivity index (χ1v) is 9.24. The molecule has 0 aliphatic carbocycles. The number of nitrogens with zero attached hydrogens (tertiary/aromatic N) is 2. The first-order chi connectivity index (χ1) is 13.0. The molecule has 8 heteroatoms. The van der Waals surface area contributed by atoms with Crippen LogP contribution in [0.15, 0.2) is 36.4 Å². The zero-order chi connectivity index (χ0) is 19.4. The molecule has 1 aliphatic heterocycles. The van der Waals surface area contributed by atoms with Crippen molar-refractivity contribution in [1.82, 2.24) is 25.7 Å². The van der Waals surface area contributed by atoms with Crippen LogP contribution >= 0.6 is 0 Å². The summed E-state index contributed by atoms with van der Waals surface area (Å²) in [6.45, 7) is 5.81. The fourth-order valence-corrected chi connectivity index (χ4v) is 3.00. The summed E-state index contributed by atoms with van der Waals surface area (Å²) in [6, 6.07) is 11.3. The molecule has 3 amide bonds. The van der Waals surface area contributed by atoms with E-state index in [1.54, 1.807) is 10.7 Å². The minimum absolute atomic E-state index is 0.00643. The molecular formula is C19H26N6O2. The number of carbonyl (C=O) groups is 2. The van der Waals surface area contributed by atoms with E-state index < -0.39 is 6.29 Å². The van der Waals surface area contributed by atoms with Gasteiger partial charge in [0, 0.05) is 30.1 Å². The van der Waals surface area contributed by atoms with Crippen LogP contribution in [0.5, 0.6) is 0 Å². The highest BCUT2D eigenvalue weighted by Crippen LogP contribution is 2.24. The second-order valence-electron chi connectivity index (χ2n) is 6.92. The number of benzene rings is 1. The molecule has 8 nitrogen and oxygen atoms in total. The van der Waals surface area contributed by atoms with E-state index in [9.17, 15) is 9.59 Å². The normalized spacial score (nSPS) is 19.6. The van der Waals surface area contributed by atoms with Crippen molar-refractivity contribution in [2.24, 2.45) is 0 Å². The lowest BCUT2D eigenvalue weighted by atomic mass is 10.1. The molecule has 2 atom stereocenters. The van der Waals surface area contributed by atoms with Crippen LogP contribution < -0.4 is 21.3 Å². The van der Waals surface area contributed by atoms with Gasteiger partial charge < -0.3 is 10.6 Å². The number of hydrogen-bond acceptors (Lipinski definition) is 4. The van der Waals surface area contributed by atoms with Gasteiger partial charge >= 0.3 is 6.03 Å². The van der Waals surface area contributed by atoms with Crippen LogP contribution in [0.4, 0.5) is 10.6 Å². The first-order valence-electron chi connectivity index (χ1n) is 9.24. The summed E-state index contributed by atoms with van der Waals surface area (Å²) in [6.07, 6.45) is 0.729. The van der Waals surface area contributed by atoms with Crippen LogP contribution in [-0.2, 0) is 4.79 Å². The van der Waals surface area contributed by atoms with E-state index in [1.807, 2.05) is 51.1 Å². The Morgan fingerprint density at radius 2 is 2.07 bits per heavy atom. The number of aromatic nitrogens is 2. The van der Waals surface area contributed by atoms with E-state index >= 15 is 0 Å². The molecular weight excluding hydrogens is 344 g/mol. The Labute approximate surface area is 158 Å². The third-order valence-corrected chi connectivity index (χ3v) is 4.33. The maximum atomic E-state index is 12.2. The Morgan fingerprint density at radius 3 is 2.74 bits per heavy atom. The lowest BCUT2D eigenvalue weighted by Crippen LogP contribution is -2.53. The van der Waals surface area contributed by atoms with Crippen LogP contribution in [0.2, 0.25) is 0 Å². The van der Waals surface area contributed by atoms with E-state index in [2.05, 4.69) is 26.4 Å². The van der Waals surface area contributed by atoms with Gasteiger partial charge in [-0.1, -0.05) is 37.3 Å². The molecule has 3 rings (SSSR count). The Kier molecular flexibility index (Phi) is 5.75. The monoisotopic (exact) mass is 370 g/mol. The molecule has 0 saturated carbocycles. The summed E-state index contributed by atoms with van der Waals surface area (Å²) in [5.41, 5.74) is 1.64. The smallest absolute Gasteiger partial charge is 0.320 e. The minimum Gasteiger partial charge on any atom is -0.336 e. The molecule has 1 saturated heterocycles. The van der Waals surface area contributed by atoms with Crippen LogP contribution in [0.1, 0.15) is 39.9 Å². The zero-order valence-corrected chi connectivity index (χ0v) is 15.8. The quantitative estimate of drug-likeness (QED) is 0.649. The molecule has 0 bridgehead atoms. The number of carbonyl (C=O) groups excluding carboxylic acids is 2. The van der Waals surface area contributed by atoms with Crippen LogP contribution in [0.3, 0.4) is 0 Å². The number of hydrogen-bond donors (Lipinski definition) is 4. The van der Waals surface area contributed by atoms with E-state index in [1.165, 1.54) is 0 Å². The highest BCUT2D eigenvalue weighted by atomic mass is 16.2. The van der Waals surface area contributed by atoms with E-state index in [4.69, 9.17) is 0 Å². The number of anilines is 1. The van der Waals surface area contributed by atoms with Crippen LogP contribution in [0, 0.1) is 0 Å². The predicted molar refractivity (Wildman–Crippen MR) is 104 cm³/mol. The lowest BCUT2D eigenvalue weighted by molar-refractivity contribution is -0.125. The van der Waals surface area contributed by atoms with Crippen molar-refractivity contribution in [3.8, 4) is 11.3 Å². The number of rotatable bonds is 5. The summed E-state index contributed by atoms with van der Waals surface area (Å²) >= 11 is 0. The maximum absolute atomic E-state index is 12.2. The fraction of sp³-hybridized carbons (Fsp3) is 0.421. The highest BCUT2D eigenvalue weighted by Gasteiger charge is 2.28. The number of nitrogens with one attached hydrogen (secondary N) is 4. The molecule has 2 heterocycles. The summed E-state index contributed by atoms with van der Waals surface area (Å²) in [5.74, 6) is 0.460. The van der Waals surface area contributed by atoms with Gasteiger partial charge in [-0.2, -0.15) is 5.10 Å². The second-order valence-corrected chi connectivity index (χ2v) is 6.92. The van der Waals surface area contributed by atoms with Crippen molar-refractivity contribution < 1.29 is 9.59 Å². The average molecular weight is 370 g/mol. The van der Waals surface area contributed by atoms with Gasteiger partial charge in [0.25, 0.3) is 0 Å². The molecule has 2 aromatic rings. The molecule has 1 fully saturated rings. The van der Waals surface area contributed by atoms with Crippen molar-refractivity contribution >= 4 is 17.8 Å². The van der Waals surface area contributed by atoms with E-state index in [0.717, 1.165) is 12.0 Å². The molecule has 1 aromatic heterocycles. The Balaban J connectivity index is 1.93. The van der Waals surface area contributed by atoms with Gasteiger partial charge in [0.05, 0.1) is 5.69 Å². The van der Waals surface area contributed by atoms with Gasteiger partial charge in [0.15, 0.2) is 6.29 Å². The highest BCUT2D eigenvalue weighted by molar-refractivity contribution is 5.89. The topological polar surface area (TPSA) is 100 Å². The predicted octanol–water partition coefficient (Wildman–Crippen LogP) is 2.42. The summed E-state index contributed by atoms with van der Waals surface area (Å²) < 4.78 is 1.61. The van der Waals surface area contributed by atoms with Gasteiger partial charge in [0.1, 0.15) is 5.82 Å². The molecule has 0 radical (unpaired) electrons. The maximum Gasteiger partial charge on any atom is 0.320 e. The summed E-state index contributed by atoms with van der Waals surface area (Å²) in [7, 11) is 0. The molecule has 144 valence electrons. The summed E-state index contributed by atoms with van der Waals surface area (Å²) in [5, 5.41) is 16.5. The standard InChI is InChI=1S/C19H26N6O2/c1-4-14-10-17(26)23-18(21-14)25-16(22-19(27)20-12(2)3)11-15(24-25)13-8-6-5-7-9-13/h5-9,11-12,14,18,21H,4,10H2,1-3H3,(H,23,26)(H2,20,22,27). The Bertz CT molecular complexity index is 802. The average Bonchev–Trinajstić information content (AvgIpc) is 3.05. The van der Waals surface area contributed by atoms with Crippen molar-refractivity contribution in [2.75, 3.05) is 5.32 Å². The SMILES string of the molecule is CCC1CC(=O)NC(n2nc(-c3ccccc3)cc2NC(=O)NC(C)C)N1. The van der Waals surface area contributed by atoms with Gasteiger partial charge in [0.2, 0.25) is 5.91 Å². The van der Waals surface area contributed by atoms with Gasteiger partial charge in [-0.3, -0.25) is 15.4 Å². The zero-order valence-electron chi connectivity index (χ0n) is 15.8. The van der Waals surface area contributed by atoms with E-state index in [-0.39, 0.29) is 24.0 Å². The van der Waals surface area contributed by atoms with Gasteiger partial charge in [-0.15, -0.1) is 0 Å². The van der Waals surface area contributed by atoms with Crippen molar-refractivity contribution in [3.05, 3.63) is 36.4 Å². The molecule has 2 unspecified atom stereocenters. The van der Waals surface area contributed by atoms with Crippen molar-refractivity contribution in [2.45, 2.75) is 52.0 Å².